The van der Waals surface area contributed by atoms with Gasteiger partial charge >= 0.3 is 0 Å². The van der Waals surface area contributed by atoms with Gasteiger partial charge in [-0.1, -0.05) is 13.0 Å². The van der Waals surface area contributed by atoms with E-state index in [0.717, 1.165) is 32.4 Å². The van der Waals surface area contributed by atoms with E-state index >= 15 is 0 Å². The highest BCUT2D eigenvalue weighted by Crippen LogP contribution is 2.31. The fourth-order valence-corrected chi connectivity index (χ4v) is 3.21. The minimum Gasteiger partial charge on any atom is -0.343 e. The van der Waals surface area contributed by atoms with E-state index in [-0.39, 0.29) is 0 Å². The first-order chi connectivity index (χ1) is 7.81. The van der Waals surface area contributed by atoms with Crippen molar-refractivity contribution in [2.45, 2.75) is 38.5 Å². The molecule has 0 unspecified atom stereocenters. The van der Waals surface area contributed by atoms with Crippen molar-refractivity contribution in [3.63, 3.8) is 0 Å². The molecule has 0 radical (unpaired) electrons. The summed E-state index contributed by atoms with van der Waals surface area (Å²) in [6, 6.07) is 4.34. The molecule has 1 aromatic rings. The first kappa shape index (κ1) is 11.6. The lowest BCUT2D eigenvalue weighted by atomic mass is 9.95. The summed E-state index contributed by atoms with van der Waals surface area (Å²) in [7, 11) is 0. The Hall–Kier alpha value is -0.830. The molecule has 1 aliphatic rings. The molecule has 88 valence electrons. The molecule has 2 heterocycles. The molecule has 0 aliphatic carbocycles. The van der Waals surface area contributed by atoms with Gasteiger partial charge in [-0.2, -0.15) is 0 Å². The van der Waals surface area contributed by atoms with Crippen LogP contribution in [-0.4, -0.2) is 23.9 Å². The highest BCUT2D eigenvalue weighted by Gasteiger charge is 2.23. The molecule has 1 aromatic heterocycles. The molecule has 1 aliphatic heterocycles. The van der Waals surface area contributed by atoms with Crippen molar-refractivity contribution in [2.24, 2.45) is 0 Å². The van der Waals surface area contributed by atoms with Gasteiger partial charge in [0, 0.05) is 24.4 Å². The zero-order chi connectivity index (χ0) is 11.4. The number of piperidine rings is 1. The van der Waals surface area contributed by atoms with E-state index in [1.54, 1.807) is 0 Å². The SMILES string of the molecule is CCCC(=O)N1CCC(c2cccs2)CC1. The van der Waals surface area contributed by atoms with Crippen LogP contribution in [0, 0.1) is 0 Å². The summed E-state index contributed by atoms with van der Waals surface area (Å²) < 4.78 is 0. The van der Waals surface area contributed by atoms with Crippen LogP contribution in [0.5, 0.6) is 0 Å². The number of hydrogen-bond acceptors (Lipinski definition) is 2. The van der Waals surface area contributed by atoms with Crippen molar-refractivity contribution in [2.75, 3.05) is 13.1 Å². The van der Waals surface area contributed by atoms with E-state index in [4.69, 9.17) is 0 Å². The first-order valence-corrected chi connectivity index (χ1v) is 7.00. The number of hydrogen-bond donors (Lipinski definition) is 0. The Kier molecular flexibility index (Phi) is 3.99. The smallest absolute Gasteiger partial charge is 0.222 e. The lowest BCUT2D eigenvalue weighted by Crippen LogP contribution is -2.37. The summed E-state index contributed by atoms with van der Waals surface area (Å²) >= 11 is 1.85. The van der Waals surface area contributed by atoms with E-state index < -0.39 is 0 Å². The Labute approximate surface area is 101 Å². The topological polar surface area (TPSA) is 20.3 Å². The van der Waals surface area contributed by atoms with Crippen LogP contribution in [0.4, 0.5) is 0 Å². The molecule has 1 amide bonds. The predicted octanol–water partition coefficient (Wildman–Crippen LogP) is 3.25. The highest BCUT2D eigenvalue weighted by molar-refractivity contribution is 7.10. The van der Waals surface area contributed by atoms with Crippen LogP contribution in [0.15, 0.2) is 17.5 Å². The Morgan fingerprint density at radius 2 is 2.25 bits per heavy atom. The number of rotatable bonds is 3. The molecule has 16 heavy (non-hydrogen) atoms. The van der Waals surface area contributed by atoms with E-state index in [2.05, 4.69) is 24.4 Å². The van der Waals surface area contributed by atoms with E-state index in [0.29, 0.717) is 18.2 Å². The van der Waals surface area contributed by atoms with Gasteiger partial charge in [0.05, 0.1) is 0 Å². The maximum absolute atomic E-state index is 11.7. The Morgan fingerprint density at radius 1 is 1.50 bits per heavy atom. The largest absolute Gasteiger partial charge is 0.343 e. The number of nitrogens with zero attached hydrogens (tertiary/aromatic N) is 1. The van der Waals surface area contributed by atoms with Crippen molar-refractivity contribution in [3.05, 3.63) is 22.4 Å². The lowest BCUT2D eigenvalue weighted by molar-refractivity contribution is -0.132. The maximum atomic E-state index is 11.7. The average Bonchev–Trinajstić information content (AvgIpc) is 2.83. The van der Waals surface area contributed by atoms with Gasteiger partial charge in [0.1, 0.15) is 0 Å². The normalized spacial score (nSPS) is 17.7. The van der Waals surface area contributed by atoms with Gasteiger partial charge in [0.15, 0.2) is 0 Å². The Bertz CT molecular complexity index is 326. The van der Waals surface area contributed by atoms with Crippen LogP contribution >= 0.6 is 11.3 Å². The van der Waals surface area contributed by atoms with Gasteiger partial charge in [-0.05, 0) is 36.6 Å². The Morgan fingerprint density at radius 3 is 2.81 bits per heavy atom. The molecule has 2 nitrogen and oxygen atoms in total. The van der Waals surface area contributed by atoms with Crippen LogP contribution in [0.25, 0.3) is 0 Å². The summed E-state index contributed by atoms with van der Waals surface area (Å²) in [5.41, 5.74) is 0. The van der Waals surface area contributed by atoms with Crippen molar-refractivity contribution >= 4 is 17.2 Å². The van der Waals surface area contributed by atoms with Crippen LogP contribution in [0.2, 0.25) is 0 Å². The number of carbonyl (C=O) groups excluding carboxylic acids is 1. The van der Waals surface area contributed by atoms with Crippen molar-refractivity contribution in [1.82, 2.24) is 4.90 Å². The molecule has 0 spiro atoms. The molecule has 3 heteroatoms. The molecule has 0 N–H and O–H groups in total. The number of carbonyl (C=O) groups is 1. The van der Waals surface area contributed by atoms with E-state index in [1.807, 2.05) is 16.2 Å². The third-order valence-corrected chi connectivity index (χ3v) is 4.29. The summed E-state index contributed by atoms with van der Waals surface area (Å²) in [6.07, 6.45) is 3.94. The monoisotopic (exact) mass is 237 g/mol. The molecule has 0 bridgehead atoms. The van der Waals surface area contributed by atoms with Gasteiger partial charge in [0.25, 0.3) is 0 Å². The molecule has 2 rings (SSSR count). The molecular weight excluding hydrogens is 218 g/mol. The van der Waals surface area contributed by atoms with Gasteiger partial charge < -0.3 is 4.90 Å². The zero-order valence-corrected chi connectivity index (χ0v) is 10.6. The van der Waals surface area contributed by atoms with Crippen LogP contribution in [0.3, 0.4) is 0 Å². The highest BCUT2D eigenvalue weighted by atomic mass is 32.1. The first-order valence-electron chi connectivity index (χ1n) is 6.12. The van der Waals surface area contributed by atoms with Crippen molar-refractivity contribution in [3.8, 4) is 0 Å². The zero-order valence-electron chi connectivity index (χ0n) is 9.82. The van der Waals surface area contributed by atoms with Crippen LogP contribution in [0.1, 0.15) is 43.4 Å². The van der Waals surface area contributed by atoms with Gasteiger partial charge in [0.2, 0.25) is 5.91 Å². The minimum absolute atomic E-state index is 0.340. The molecule has 0 aromatic carbocycles. The molecular formula is C13H19NOS. The third-order valence-electron chi connectivity index (χ3n) is 3.26. The van der Waals surface area contributed by atoms with Gasteiger partial charge in [-0.15, -0.1) is 11.3 Å². The third kappa shape index (κ3) is 2.64. The van der Waals surface area contributed by atoms with E-state index in [9.17, 15) is 4.79 Å². The van der Waals surface area contributed by atoms with Gasteiger partial charge in [-0.3, -0.25) is 4.79 Å². The second-order valence-corrected chi connectivity index (χ2v) is 5.40. The summed E-state index contributed by atoms with van der Waals surface area (Å²) in [5.74, 6) is 1.03. The molecule has 1 saturated heterocycles. The summed E-state index contributed by atoms with van der Waals surface area (Å²) in [6.45, 7) is 3.96. The number of amides is 1. The Balaban J connectivity index is 1.85. The fourth-order valence-electron chi connectivity index (χ4n) is 2.31. The standard InChI is InChI=1S/C13H19NOS/c1-2-4-13(15)14-8-6-11(7-9-14)12-5-3-10-16-12/h3,5,10-11H,2,4,6-9H2,1H3. The van der Waals surface area contributed by atoms with Gasteiger partial charge in [-0.25, -0.2) is 0 Å². The molecule has 0 saturated carbocycles. The van der Waals surface area contributed by atoms with E-state index in [1.165, 1.54) is 4.88 Å². The quantitative estimate of drug-likeness (QED) is 0.790. The second-order valence-electron chi connectivity index (χ2n) is 4.42. The number of thiophene rings is 1. The molecule has 1 fully saturated rings. The summed E-state index contributed by atoms with van der Waals surface area (Å²) in [5, 5.41) is 2.14. The lowest BCUT2D eigenvalue weighted by Gasteiger charge is -2.31. The van der Waals surface area contributed by atoms with Crippen LogP contribution in [-0.2, 0) is 4.79 Å². The maximum Gasteiger partial charge on any atom is 0.222 e. The fraction of sp³-hybridized carbons (Fsp3) is 0.615. The summed E-state index contributed by atoms with van der Waals surface area (Å²) in [4.78, 5) is 15.2. The second kappa shape index (κ2) is 5.48. The predicted molar refractivity (Wildman–Crippen MR) is 67.8 cm³/mol. The average molecular weight is 237 g/mol. The molecule has 0 atom stereocenters. The minimum atomic E-state index is 0.340. The van der Waals surface area contributed by atoms with Crippen molar-refractivity contribution < 1.29 is 4.79 Å². The van der Waals surface area contributed by atoms with Crippen molar-refractivity contribution in [1.29, 1.82) is 0 Å². The van der Waals surface area contributed by atoms with Crippen LogP contribution < -0.4 is 0 Å². The number of likely N-dealkylation sites (tertiary alicyclic amines) is 1.